The van der Waals surface area contributed by atoms with Crippen LogP contribution in [0.2, 0.25) is 0 Å². The van der Waals surface area contributed by atoms with Gasteiger partial charge in [-0.25, -0.2) is 0 Å². The number of rotatable bonds is 3. The summed E-state index contributed by atoms with van der Waals surface area (Å²) in [5, 5.41) is 15.6. The molecule has 0 saturated carbocycles. The minimum absolute atomic E-state index is 1.24. The average Bonchev–Trinajstić information content (AvgIpc) is 3.13. The Kier molecular flexibility index (Phi) is 5.38. The lowest BCUT2D eigenvalue weighted by atomic mass is 9.79. The first-order valence-corrected chi connectivity index (χ1v) is 16.0. The van der Waals surface area contributed by atoms with E-state index in [2.05, 4.69) is 170 Å². The zero-order chi connectivity index (χ0) is 30.2. The van der Waals surface area contributed by atoms with Crippen LogP contribution in [-0.4, -0.2) is 0 Å². The second kappa shape index (κ2) is 9.76. The van der Waals surface area contributed by atoms with Crippen molar-refractivity contribution in [1.29, 1.82) is 0 Å². The third-order valence-electron chi connectivity index (χ3n) is 9.92. The van der Waals surface area contributed by atoms with Crippen LogP contribution in [0.5, 0.6) is 0 Å². The van der Waals surface area contributed by atoms with Crippen molar-refractivity contribution < 1.29 is 0 Å². The summed E-state index contributed by atoms with van der Waals surface area (Å²) in [7, 11) is 0. The normalized spacial score (nSPS) is 11.9. The van der Waals surface area contributed by atoms with Gasteiger partial charge in [-0.1, -0.05) is 152 Å². The summed E-state index contributed by atoms with van der Waals surface area (Å²) in [4.78, 5) is 0. The van der Waals surface area contributed by atoms with Gasteiger partial charge in [-0.05, 0) is 116 Å². The van der Waals surface area contributed by atoms with Gasteiger partial charge in [0.05, 0.1) is 0 Å². The van der Waals surface area contributed by atoms with Crippen LogP contribution in [0.15, 0.2) is 170 Å². The molecule has 0 unspecified atom stereocenters. The molecule has 212 valence electrons. The molecule has 0 fully saturated rings. The molecule has 0 saturated heterocycles. The monoisotopic (exact) mass is 580 g/mol. The lowest BCUT2D eigenvalue weighted by Crippen LogP contribution is -1.95. The largest absolute Gasteiger partial charge is 0.0622 e. The van der Waals surface area contributed by atoms with Crippen LogP contribution in [0.4, 0.5) is 0 Å². The van der Waals surface area contributed by atoms with Gasteiger partial charge in [0.1, 0.15) is 0 Å². The molecule has 0 nitrogen and oxygen atoms in total. The quantitative estimate of drug-likeness (QED) is 0.144. The fourth-order valence-corrected chi connectivity index (χ4v) is 7.96. The van der Waals surface area contributed by atoms with Crippen molar-refractivity contribution in [1.82, 2.24) is 0 Å². The van der Waals surface area contributed by atoms with Crippen molar-refractivity contribution in [3.63, 3.8) is 0 Å². The van der Waals surface area contributed by atoms with Crippen LogP contribution in [0.3, 0.4) is 0 Å². The molecule has 0 aliphatic heterocycles. The van der Waals surface area contributed by atoms with E-state index in [1.807, 2.05) is 0 Å². The Labute approximate surface area is 267 Å². The predicted molar refractivity (Wildman–Crippen MR) is 199 cm³/mol. The molecule has 0 aliphatic rings. The smallest absolute Gasteiger partial charge is 0.000741 e. The van der Waals surface area contributed by atoms with Gasteiger partial charge in [0.25, 0.3) is 0 Å². The van der Waals surface area contributed by atoms with E-state index in [1.54, 1.807) is 0 Å². The fourth-order valence-electron chi connectivity index (χ4n) is 7.96. The van der Waals surface area contributed by atoms with Gasteiger partial charge < -0.3 is 0 Å². The highest BCUT2D eigenvalue weighted by Gasteiger charge is 2.23. The zero-order valence-corrected chi connectivity index (χ0v) is 25.2. The minimum atomic E-state index is 1.24. The number of benzene rings is 10. The van der Waals surface area contributed by atoms with Crippen molar-refractivity contribution >= 4 is 64.6 Å². The van der Waals surface area contributed by atoms with E-state index in [0.29, 0.717) is 0 Å². The van der Waals surface area contributed by atoms with Gasteiger partial charge in [0.15, 0.2) is 0 Å². The summed E-state index contributed by atoms with van der Waals surface area (Å²) in [6.45, 7) is 0. The van der Waals surface area contributed by atoms with Crippen LogP contribution in [-0.2, 0) is 0 Å². The van der Waals surface area contributed by atoms with Crippen molar-refractivity contribution in [3.8, 4) is 33.4 Å². The van der Waals surface area contributed by atoms with Crippen LogP contribution in [0.25, 0.3) is 98.0 Å². The lowest BCUT2D eigenvalue weighted by molar-refractivity contribution is 1.64. The molecule has 0 aromatic heterocycles. The Hall–Kier alpha value is -5.98. The van der Waals surface area contributed by atoms with E-state index in [-0.39, 0.29) is 0 Å². The Morgan fingerprint density at radius 3 is 1.20 bits per heavy atom. The molecule has 0 amide bonds. The Morgan fingerprint density at radius 1 is 0.217 bits per heavy atom. The van der Waals surface area contributed by atoms with E-state index in [0.717, 1.165) is 0 Å². The highest BCUT2D eigenvalue weighted by molar-refractivity contribution is 6.41. The summed E-state index contributed by atoms with van der Waals surface area (Å²) < 4.78 is 0. The van der Waals surface area contributed by atoms with Crippen molar-refractivity contribution in [2.24, 2.45) is 0 Å². The maximum Gasteiger partial charge on any atom is -0.000741 e. The Morgan fingerprint density at radius 2 is 0.674 bits per heavy atom. The second-order valence-corrected chi connectivity index (χ2v) is 12.4. The highest BCUT2D eigenvalue weighted by Crippen LogP contribution is 2.51. The Balaban J connectivity index is 1.50. The maximum atomic E-state index is 2.45. The molecule has 46 heavy (non-hydrogen) atoms. The van der Waals surface area contributed by atoms with Gasteiger partial charge in [0.2, 0.25) is 0 Å². The van der Waals surface area contributed by atoms with Gasteiger partial charge in [-0.15, -0.1) is 0 Å². The first kappa shape index (κ1) is 25.4. The van der Waals surface area contributed by atoms with Crippen molar-refractivity contribution in [3.05, 3.63) is 170 Å². The average molecular weight is 581 g/mol. The second-order valence-electron chi connectivity index (χ2n) is 12.4. The van der Waals surface area contributed by atoms with Gasteiger partial charge in [0, 0.05) is 0 Å². The fraction of sp³-hybridized carbons (Fsp3) is 0. The standard InChI is InChI=1S/C46H28/c1-4-12-29(13-5-1)34-24-25-35-27-39-40(28-36(35)26-34)44(31-16-8-3-9-17-31)46-38-21-11-19-33-23-22-32-18-10-20-37(41(32)42(33)38)45(46)43(39)30-14-6-2-7-15-30/h1-28H. The molecule has 0 heteroatoms. The van der Waals surface area contributed by atoms with Gasteiger partial charge >= 0.3 is 0 Å². The molecular weight excluding hydrogens is 553 g/mol. The Bertz CT molecular complexity index is 2760. The molecular formula is C46H28. The molecule has 0 N–H and O–H groups in total. The molecule has 0 bridgehead atoms. The molecule has 0 spiro atoms. The van der Waals surface area contributed by atoms with Crippen LogP contribution >= 0.6 is 0 Å². The first-order chi connectivity index (χ1) is 22.8. The lowest BCUT2D eigenvalue weighted by Gasteiger charge is -2.23. The molecule has 10 rings (SSSR count). The van der Waals surface area contributed by atoms with Gasteiger partial charge in [-0.2, -0.15) is 0 Å². The number of hydrogen-bond acceptors (Lipinski definition) is 0. The molecule has 0 heterocycles. The highest BCUT2D eigenvalue weighted by atomic mass is 14.3. The van der Waals surface area contributed by atoms with E-state index in [1.165, 1.54) is 98.0 Å². The molecule has 0 atom stereocenters. The SMILES string of the molecule is c1ccc(-c2ccc3cc4c(-c5ccccc5)c5c6cccc7ccc8cccc(c5c(-c5ccccc5)c4cc3c2)c8c76)cc1. The summed E-state index contributed by atoms with van der Waals surface area (Å²) in [6, 6.07) is 62.8. The molecule has 0 radical (unpaired) electrons. The number of fused-ring (bicyclic) bond motifs is 5. The summed E-state index contributed by atoms with van der Waals surface area (Å²) in [5.74, 6) is 0. The van der Waals surface area contributed by atoms with Crippen LogP contribution < -0.4 is 0 Å². The van der Waals surface area contributed by atoms with Gasteiger partial charge in [-0.3, -0.25) is 0 Å². The molecule has 0 aliphatic carbocycles. The zero-order valence-electron chi connectivity index (χ0n) is 25.2. The topological polar surface area (TPSA) is 0 Å². The van der Waals surface area contributed by atoms with Crippen LogP contribution in [0.1, 0.15) is 0 Å². The van der Waals surface area contributed by atoms with E-state index in [9.17, 15) is 0 Å². The van der Waals surface area contributed by atoms with E-state index >= 15 is 0 Å². The maximum absolute atomic E-state index is 2.45. The summed E-state index contributed by atoms with van der Waals surface area (Å²) in [5.41, 5.74) is 7.56. The predicted octanol–water partition coefficient (Wildman–Crippen LogP) is 13.0. The van der Waals surface area contributed by atoms with Crippen LogP contribution in [0, 0.1) is 0 Å². The first-order valence-electron chi connectivity index (χ1n) is 16.0. The van der Waals surface area contributed by atoms with E-state index in [4.69, 9.17) is 0 Å². The third-order valence-corrected chi connectivity index (χ3v) is 9.92. The van der Waals surface area contributed by atoms with Crippen molar-refractivity contribution in [2.75, 3.05) is 0 Å². The van der Waals surface area contributed by atoms with Crippen molar-refractivity contribution in [2.45, 2.75) is 0 Å². The number of hydrogen-bond donors (Lipinski definition) is 0. The molecule has 10 aromatic carbocycles. The summed E-state index contributed by atoms with van der Waals surface area (Å²) in [6.07, 6.45) is 0. The molecule has 10 aromatic rings. The summed E-state index contributed by atoms with van der Waals surface area (Å²) >= 11 is 0. The van der Waals surface area contributed by atoms with E-state index < -0.39 is 0 Å². The third kappa shape index (κ3) is 3.62. The minimum Gasteiger partial charge on any atom is -0.0622 e.